The maximum absolute atomic E-state index is 10.6. The van der Waals surface area contributed by atoms with Gasteiger partial charge < -0.3 is 5.11 Å². The van der Waals surface area contributed by atoms with Gasteiger partial charge in [0.2, 0.25) is 0 Å². The summed E-state index contributed by atoms with van der Waals surface area (Å²) in [7, 11) is 0. The van der Waals surface area contributed by atoms with E-state index in [2.05, 4.69) is 60.4 Å². The van der Waals surface area contributed by atoms with Crippen LogP contribution < -0.4 is 0 Å². The van der Waals surface area contributed by atoms with E-state index in [0.717, 1.165) is 26.1 Å². The predicted octanol–water partition coefficient (Wildman–Crippen LogP) is 3.35. The minimum absolute atomic E-state index is 0.274. The minimum Gasteiger partial charge on any atom is -0.391 e. The summed E-state index contributed by atoms with van der Waals surface area (Å²) < 4.78 is 0. The lowest BCUT2D eigenvalue weighted by Crippen LogP contribution is -2.42. The van der Waals surface area contributed by atoms with Crippen LogP contribution in [0.15, 0.2) is 54.6 Å². The van der Waals surface area contributed by atoms with E-state index >= 15 is 0 Å². The number of hydrogen-bond donors (Lipinski definition) is 1. The lowest BCUT2D eigenvalue weighted by atomic mass is 9.84. The van der Waals surface area contributed by atoms with Gasteiger partial charge in [-0.05, 0) is 36.6 Å². The zero-order valence-electron chi connectivity index (χ0n) is 12.6. The van der Waals surface area contributed by atoms with Crippen molar-refractivity contribution in [3.05, 3.63) is 71.3 Å². The Kier molecular flexibility index (Phi) is 4.37. The van der Waals surface area contributed by atoms with Crippen molar-refractivity contribution in [3.8, 4) is 0 Å². The second kappa shape index (κ2) is 6.42. The van der Waals surface area contributed by atoms with E-state index in [-0.39, 0.29) is 12.0 Å². The number of benzene rings is 2. The summed E-state index contributed by atoms with van der Waals surface area (Å²) in [6.07, 6.45) is 0.752. The Morgan fingerprint density at radius 1 is 1.05 bits per heavy atom. The Hall–Kier alpha value is -1.64. The molecule has 21 heavy (non-hydrogen) atoms. The normalized spacial score (nSPS) is 23.1. The summed E-state index contributed by atoms with van der Waals surface area (Å²) in [5.41, 5.74) is 3.92. The third kappa shape index (κ3) is 3.34. The number of aryl methyl sites for hydroxylation is 1. The van der Waals surface area contributed by atoms with Gasteiger partial charge in [-0.15, -0.1) is 0 Å². The van der Waals surface area contributed by atoms with Crippen LogP contribution in [-0.2, 0) is 6.54 Å². The number of β-amino-alcohol motifs (C(OH)–C–C–N with tert-alkyl or cyclic N) is 1. The molecule has 1 heterocycles. The second-order valence-corrected chi connectivity index (χ2v) is 6.04. The molecule has 1 saturated heterocycles. The van der Waals surface area contributed by atoms with E-state index < -0.39 is 0 Å². The van der Waals surface area contributed by atoms with Crippen molar-refractivity contribution in [1.82, 2.24) is 4.90 Å². The Bertz CT molecular complexity index is 581. The number of hydrogen-bond acceptors (Lipinski definition) is 2. The number of rotatable bonds is 3. The number of aliphatic hydroxyl groups excluding tert-OH is 1. The summed E-state index contributed by atoms with van der Waals surface area (Å²) in [6, 6.07) is 18.9. The van der Waals surface area contributed by atoms with Gasteiger partial charge in [0.15, 0.2) is 0 Å². The molecule has 0 saturated carbocycles. The molecular formula is C19H23NO. The average molecular weight is 281 g/mol. The lowest BCUT2D eigenvalue weighted by molar-refractivity contribution is 0.0475. The molecule has 1 aliphatic heterocycles. The molecule has 2 atom stereocenters. The van der Waals surface area contributed by atoms with Gasteiger partial charge in [-0.3, -0.25) is 4.90 Å². The molecule has 2 aromatic carbocycles. The summed E-state index contributed by atoms with van der Waals surface area (Å²) in [4.78, 5) is 2.36. The molecule has 110 valence electrons. The molecule has 0 aromatic heterocycles. The zero-order chi connectivity index (χ0) is 14.7. The van der Waals surface area contributed by atoms with Gasteiger partial charge in [0.1, 0.15) is 0 Å². The first kappa shape index (κ1) is 14.3. The van der Waals surface area contributed by atoms with Crippen LogP contribution >= 0.6 is 0 Å². The number of nitrogens with zero attached hydrogens (tertiary/aromatic N) is 1. The molecule has 1 N–H and O–H groups in total. The fourth-order valence-electron chi connectivity index (χ4n) is 3.35. The van der Waals surface area contributed by atoms with E-state index in [1.807, 2.05) is 6.07 Å². The lowest BCUT2D eigenvalue weighted by Gasteiger charge is -2.36. The SMILES string of the molecule is Cc1ccccc1C1CCN(Cc2ccccc2)CC1O. The van der Waals surface area contributed by atoms with Crippen LogP contribution in [0.5, 0.6) is 0 Å². The van der Waals surface area contributed by atoms with Crippen molar-refractivity contribution in [2.75, 3.05) is 13.1 Å². The first-order chi connectivity index (χ1) is 10.2. The third-order valence-electron chi connectivity index (χ3n) is 4.50. The quantitative estimate of drug-likeness (QED) is 0.932. The molecule has 2 unspecified atom stereocenters. The maximum Gasteiger partial charge on any atom is 0.0736 e. The summed E-state index contributed by atoms with van der Waals surface area (Å²) in [5, 5.41) is 10.6. The topological polar surface area (TPSA) is 23.5 Å². The smallest absolute Gasteiger partial charge is 0.0736 e. The van der Waals surface area contributed by atoms with Crippen molar-refractivity contribution in [1.29, 1.82) is 0 Å². The van der Waals surface area contributed by atoms with Crippen LogP contribution in [0.25, 0.3) is 0 Å². The molecule has 1 fully saturated rings. The van der Waals surface area contributed by atoms with Crippen LogP contribution in [0.1, 0.15) is 29.0 Å². The molecule has 1 aliphatic rings. The maximum atomic E-state index is 10.6. The van der Waals surface area contributed by atoms with Gasteiger partial charge in [0.05, 0.1) is 6.10 Å². The average Bonchev–Trinajstić information content (AvgIpc) is 2.50. The molecule has 0 aliphatic carbocycles. The van der Waals surface area contributed by atoms with Gasteiger partial charge in [0, 0.05) is 19.0 Å². The van der Waals surface area contributed by atoms with Gasteiger partial charge >= 0.3 is 0 Å². The highest BCUT2D eigenvalue weighted by atomic mass is 16.3. The highest BCUT2D eigenvalue weighted by Gasteiger charge is 2.29. The second-order valence-electron chi connectivity index (χ2n) is 6.04. The Morgan fingerprint density at radius 3 is 2.48 bits per heavy atom. The summed E-state index contributed by atoms with van der Waals surface area (Å²) in [6.45, 7) is 4.87. The largest absolute Gasteiger partial charge is 0.391 e. The molecular weight excluding hydrogens is 258 g/mol. The molecule has 0 spiro atoms. The summed E-state index contributed by atoms with van der Waals surface area (Å²) >= 11 is 0. The van der Waals surface area contributed by atoms with Crippen LogP contribution in [0.4, 0.5) is 0 Å². The number of likely N-dealkylation sites (tertiary alicyclic amines) is 1. The molecule has 2 aromatic rings. The minimum atomic E-state index is -0.274. The molecule has 3 rings (SSSR count). The van der Waals surface area contributed by atoms with Gasteiger partial charge in [0.25, 0.3) is 0 Å². The first-order valence-electron chi connectivity index (χ1n) is 7.74. The van der Waals surface area contributed by atoms with Gasteiger partial charge in [-0.25, -0.2) is 0 Å². The van der Waals surface area contributed by atoms with Crippen LogP contribution in [0, 0.1) is 6.92 Å². The Morgan fingerprint density at radius 2 is 1.76 bits per heavy atom. The number of piperidine rings is 1. The van der Waals surface area contributed by atoms with E-state index in [4.69, 9.17) is 0 Å². The monoisotopic (exact) mass is 281 g/mol. The van der Waals surface area contributed by atoms with Crippen LogP contribution in [-0.4, -0.2) is 29.2 Å². The van der Waals surface area contributed by atoms with Crippen molar-refractivity contribution >= 4 is 0 Å². The van der Waals surface area contributed by atoms with E-state index in [1.54, 1.807) is 0 Å². The molecule has 0 radical (unpaired) electrons. The van der Waals surface area contributed by atoms with Crippen molar-refractivity contribution in [3.63, 3.8) is 0 Å². The van der Waals surface area contributed by atoms with E-state index in [0.29, 0.717) is 0 Å². The first-order valence-corrected chi connectivity index (χ1v) is 7.74. The Balaban J connectivity index is 1.66. The molecule has 0 amide bonds. The predicted molar refractivity (Wildman–Crippen MR) is 86.3 cm³/mol. The fraction of sp³-hybridized carbons (Fsp3) is 0.368. The molecule has 2 nitrogen and oxygen atoms in total. The summed E-state index contributed by atoms with van der Waals surface area (Å²) in [5.74, 6) is 0.276. The zero-order valence-corrected chi connectivity index (χ0v) is 12.6. The van der Waals surface area contributed by atoms with E-state index in [1.165, 1.54) is 16.7 Å². The van der Waals surface area contributed by atoms with Crippen molar-refractivity contribution in [2.24, 2.45) is 0 Å². The van der Waals surface area contributed by atoms with Crippen LogP contribution in [0.2, 0.25) is 0 Å². The van der Waals surface area contributed by atoms with Crippen molar-refractivity contribution < 1.29 is 5.11 Å². The third-order valence-corrected chi connectivity index (χ3v) is 4.50. The highest BCUT2D eigenvalue weighted by molar-refractivity contribution is 5.30. The molecule has 0 bridgehead atoms. The Labute approximate surface area is 127 Å². The molecule has 2 heteroatoms. The van der Waals surface area contributed by atoms with Gasteiger partial charge in [-0.1, -0.05) is 54.6 Å². The van der Waals surface area contributed by atoms with Crippen molar-refractivity contribution in [2.45, 2.75) is 31.9 Å². The van der Waals surface area contributed by atoms with Crippen LogP contribution in [0.3, 0.4) is 0 Å². The van der Waals surface area contributed by atoms with Gasteiger partial charge in [-0.2, -0.15) is 0 Å². The number of aliphatic hydroxyl groups is 1. The highest BCUT2D eigenvalue weighted by Crippen LogP contribution is 2.30. The fourth-order valence-corrected chi connectivity index (χ4v) is 3.35. The van der Waals surface area contributed by atoms with E-state index in [9.17, 15) is 5.11 Å². The standard InChI is InChI=1S/C19H23NO/c1-15-7-5-6-10-17(15)18-11-12-20(14-19(18)21)13-16-8-3-2-4-9-16/h2-10,18-19,21H,11-14H2,1H3.